The molecule has 1 unspecified atom stereocenters. The fourth-order valence-electron chi connectivity index (χ4n) is 3.03. The number of hydrogen-bond donors (Lipinski definition) is 3. The maximum Gasteiger partial charge on any atom is 0.490 e. The second-order valence-corrected chi connectivity index (χ2v) is 7.80. The number of pyridine rings is 3. The van der Waals surface area contributed by atoms with Gasteiger partial charge in [-0.1, -0.05) is 12.1 Å². The molecular weight excluding hydrogens is 609 g/mol. The first-order valence-electron chi connectivity index (χ1n) is 11.1. The van der Waals surface area contributed by atoms with Crippen LogP contribution in [0.2, 0.25) is 0 Å². The number of halogens is 9. The summed E-state index contributed by atoms with van der Waals surface area (Å²) in [5, 5.41) is 16.3. The first kappa shape index (κ1) is 34.0. The first-order chi connectivity index (χ1) is 19.8. The quantitative estimate of drug-likeness (QED) is 0.266. The van der Waals surface area contributed by atoms with Crippen molar-refractivity contribution in [3.63, 3.8) is 0 Å². The number of aromatic nitrogens is 4. The fraction of sp³-hybridized carbons (Fsp3) is 0.167. The molecule has 10 nitrogen and oxygen atoms in total. The summed E-state index contributed by atoms with van der Waals surface area (Å²) in [7, 11) is 0. The Bertz CT molecular complexity index is 1520. The molecule has 0 aromatic carbocycles. The Morgan fingerprint density at radius 1 is 0.767 bits per heavy atom. The van der Waals surface area contributed by atoms with E-state index in [1.165, 1.54) is 35.0 Å². The molecule has 0 bridgehead atoms. The molecule has 230 valence electrons. The highest BCUT2D eigenvalue weighted by molar-refractivity contribution is 5.93. The van der Waals surface area contributed by atoms with Crippen LogP contribution in [0.15, 0.2) is 73.4 Å². The Hall–Kier alpha value is -5.23. The van der Waals surface area contributed by atoms with Crippen LogP contribution in [-0.4, -0.2) is 65.9 Å². The molecule has 0 saturated heterocycles. The molecule has 0 aliphatic heterocycles. The van der Waals surface area contributed by atoms with E-state index in [0.29, 0.717) is 5.52 Å². The van der Waals surface area contributed by atoms with Crippen molar-refractivity contribution in [1.29, 1.82) is 0 Å². The predicted molar refractivity (Wildman–Crippen MR) is 126 cm³/mol. The molecule has 0 fully saturated rings. The van der Waals surface area contributed by atoms with Crippen molar-refractivity contribution >= 4 is 23.4 Å². The minimum atomic E-state index is -5.08. The molecule has 4 aromatic heterocycles. The van der Waals surface area contributed by atoms with Crippen molar-refractivity contribution in [2.75, 3.05) is 0 Å². The molecule has 4 rings (SSSR count). The lowest BCUT2D eigenvalue weighted by atomic mass is 10.1. The van der Waals surface area contributed by atoms with E-state index in [2.05, 4.69) is 15.0 Å². The lowest BCUT2D eigenvalue weighted by molar-refractivity contribution is -0.193. The molecule has 4 aromatic rings. The van der Waals surface area contributed by atoms with Gasteiger partial charge in [-0.25, -0.2) is 14.6 Å². The van der Waals surface area contributed by atoms with Gasteiger partial charge in [-0.3, -0.25) is 19.2 Å². The summed E-state index contributed by atoms with van der Waals surface area (Å²) < 4.78 is 105. The molecule has 0 aliphatic carbocycles. The molecule has 0 radical (unpaired) electrons. The largest absolute Gasteiger partial charge is 0.490 e. The Balaban J connectivity index is 0.000000384. The van der Waals surface area contributed by atoms with Crippen LogP contribution in [0.4, 0.5) is 39.5 Å². The van der Waals surface area contributed by atoms with E-state index in [-0.39, 0.29) is 11.5 Å². The monoisotopic (exact) mass is 625 g/mol. The second-order valence-electron chi connectivity index (χ2n) is 7.80. The van der Waals surface area contributed by atoms with E-state index in [1.807, 2.05) is 11.4 Å². The molecular formula is C24H16F9N5O5. The number of hydrogen-bond acceptors (Lipinski definition) is 6. The molecule has 4 heterocycles. The molecule has 19 heteroatoms. The maximum absolute atomic E-state index is 13.5. The predicted octanol–water partition coefficient (Wildman–Crippen LogP) is 5.09. The van der Waals surface area contributed by atoms with E-state index in [9.17, 15) is 44.3 Å². The average molecular weight is 625 g/mol. The highest BCUT2D eigenvalue weighted by Gasteiger charge is 2.43. The van der Waals surface area contributed by atoms with Crippen LogP contribution in [0.25, 0.3) is 16.6 Å². The highest BCUT2D eigenvalue weighted by Crippen LogP contribution is 2.32. The summed E-state index contributed by atoms with van der Waals surface area (Å²) in [5.74, 6) is -6.62. The Kier molecular flexibility index (Phi) is 10.8. The van der Waals surface area contributed by atoms with Crippen molar-refractivity contribution in [1.82, 2.24) is 24.7 Å². The molecule has 3 N–H and O–H groups in total. The molecule has 1 atom stereocenters. The third kappa shape index (κ3) is 9.68. The van der Waals surface area contributed by atoms with Crippen molar-refractivity contribution in [2.45, 2.75) is 24.6 Å². The van der Waals surface area contributed by atoms with Crippen LogP contribution in [0, 0.1) is 0 Å². The minimum absolute atomic E-state index is 0.152. The van der Waals surface area contributed by atoms with E-state index >= 15 is 0 Å². The van der Waals surface area contributed by atoms with Crippen LogP contribution in [0.1, 0.15) is 22.4 Å². The molecule has 0 saturated carbocycles. The van der Waals surface area contributed by atoms with E-state index < -0.39 is 42.4 Å². The van der Waals surface area contributed by atoms with Crippen LogP contribution in [-0.2, 0) is 9.59 Å². The molecule has 0 aliphatic rings. The molecule has 43 heavy (non-hydrogen) atoms. The number of nitrogens with zero attached hydrogens (tertiary/aromatic N) is 4. The topological polar surface area (TPSA) is 147 Å². The van der Waals surface area contributed by atoms with Gasteiger partial charge in [-0.15, -0.1) is 0 Å². The van der Waals surface area contributed by atoms with Crippen molar-refractivity contribution in [3.8, 4) is 11.1 Å². The number of carbonyl (C=O) groups is 3. The van der Waals surface area contributed by atoms with Crippen LogP contribution in [0.3, 0.4) is 0 Å². The number of carboxylic acids is 2. The lowest BCUT2D eigenvalue weighted by Gasteiger charge is -2.20. The van der Waals surface area contributed by atoms with Gasteiger partial charge in [0.25, 0.3) is 5.91 Å². The summed E-state index contributed by atoms with van der Waals surface area (Å²) in [6, 6.07) is 9.02. The number of carbonyl (C=O) groups excluding carboxylic acids is 1. The zero-order valence-electron chi connectivity index (χ0n) is 20.8. The van der Waals surface area contributed by atoms with Gasteiger partial charge in [-0.05, 0) is 35.9 Å². The summed E-state index contributed by atoms with van der Waals surface area (Å²) in [6.07, 6.45) is -7.35. The van der Waals surface area contributed by atoms with Gasteiger partial charge in [0.2, 0.25) is 5.82 Å². The summed E-state index contributed by atoms with van der Waals surface area (Å²) in [5.41, 5.74) is 1.91. The number of fused-ring (bicyclic) bond motifs is 1. The van der Waals surface area contributed by atoms with Gasteiger partial charge in [0.05, 0.1) is 17.4 Å². The van der Waals surface area contributed by atoms with Crippen molar-refractivity contribution in [2.24, 2.45) is 0 Å². The van der Waals surface area contributed by atoms with Crippen LogP contribution < -0.4 is 5.32 Å². The van der Waals surface area contributed by atoms with Gasteiger partial charge in [0.15, 0.2) is 6.04 Å². The zero-order valence-corrected chi connectivity index (χ0v) is 20.8. The number of alkyl halides is 9. The van der Waals surface area contributed by atoms with E-state index in [0.717, 1.165) is 11.1 Å². The van der Waals surface area contributed by atoms with Crippen LogP contribution >= 0.6 is 0 Å². The standard InChI is InChI=1S/C20H14F3N5O.2C2HF3O2/c21-20(22,23)17(15-5-1-2-8-25-15)27-19(29)18-26-12-16-14(4-3-11-28(16)18)13-6-9-24-10-7-13;2*3-2(4,5)1(6)7/h1-12,17H,(H,27,29);2*(H,6,7). The highest BCUT2D eigenvalue weighted by atomic mass is 19.4. The average Bonchev–Trinajstić information content (AvgIpc) is 3.36. The Morgan fingerprint density at radius 2 is 1.33 bits per heavy atom. The smallest absolute Gasteiger partial charge is 0.475 e. The van der Waals surface area contributed by atoms with Gasteiger partial charge < -0.3 is 15.5 Å². The van der Waals surface area contributed by atoms with Gasteiger partial charge >= 0.3 is 30.5 Å². The van der Waals surface area contributed by atoms with E-state index in [4.69, 9.17) is 19.8 Å². The third-order valence-corrected chi connectivity index (χ3v) is 4.84. The van der Waals surface area contributed by atoms with E-state index in [1.54, 1.807) is 36.8 Å². The Labute approximate surface area is 233 Å². The van der Waals surface area contributed by atoms with Gasteiger partial charge in [-0.2, -0.15) is 39.5 Å². The molecule has 0 spiro atoms. The minimum Gasteiger partial charge on any atom is -0.475 e. The fourth-order valence-corrected chi connectivity index (χ4v) is 3.03. The van der Waals surface area contributed by atoms with Gasteiger partial charge in [0, 0.05) is 30.4 Å². The maximum atomic E-state index is 13.5. The second kappa shape index (κ2) is 13.6. The Morgan fingerprint density at radius 3 is 1.79 bits per heavy atom. The van der Waals surface area contributed by atoms with Crippen LogP contribution in [0.5, 0.6) is 0 Å². The summed E-state index contributed by atoms with van der Waals surface area (Å²) >= 11 is 0. The number of imidazole rings is 1. The SMILES string of the molecule is O=C(NC(c1ccccn1)C(F)(F)F)c1ncc2c(-c3ccncc3)cccn12.O=C(O)C(F)(F)F.O=C(O)C(F)(F)F. The number of amides is 1. The normalized spacial score (nSPS) is 12.2. The number of rotatable bonds is 4. The lowest BCUT2D eigenvalue weighted by Crippen LogP contribution is -2.39. The third-order valence-electron chi connectivity index (χ3n) is 4.84. The molecule has 1 amide bonds. The number of nitrogens with one attached hydrogen (secondary N) is 1. The first-order valence-corrected chi connectivity index (χ1v) is 11.1. The van der Waals surface area contributed by atoms with Crippen molar-refractivity contribution < 1.29 is 64.1 Å². The summed E-state index contributed by atoms with van der Waals surface area (Å²) in [6.45, 7) is 0. The summed E-state index contributed by atoms with van der Waals surface area (Å²) in [4.78, 5) is 42.2. The van der Waals surface area contributed by atoms with Crippen molar-refractivity contribution in [3.05, 3.63) is 85.0 Å². The zero-order chi connectivity index (χ0) is 32.6. The van der Waals surface area contributed by atoms with Gasteiger partial charge in [0.1, 0.15) is 0 Å². The number of carboxylic acid groups (broad SMARTS) is 2. The number of aliphatic carboxylic acids is 2.